The Morgan fingerprint density at radius 3 is 2.50 bits per heavy atom. The monoisotopic (exact) mass is 301 g/mol. The van der Waals surface area contributed by atoms with Crippen LogP contribution >= 0.6 is 46.4 Å². The van der Waals surface area contributed by atoms with E-state index in [1.807, 2.05) is 0 Å². The minimum Gasteiger partial charge on any atom is -0.390 e. The van der Waals surface area contributed by atoms with Gasteiger partial charge in [0, 0.05) is 11.6 Å². The largest absolute Gasteiger partial charge is 0.390 e. The van der Waals surface area contributed by atoms with Gasteiger partial charge < -0.3 is 10.4 Å². The van der Waals surface area contributed by atoms with E-state index < -0.39 is 6.10 Å². The van der Waals surface area contributed by atoms with E-state index in [1.54, 1.807) is 13.0 Å². The van der Waals surface area contributed by atoms with Crippen molar-refractivity contribution >= 4 is 52.1 Å². The molecule has 1 rings (SSSR count). The molecule has 0 aliphatic rings. The van der Waals surface area contributed by atoms with Crippen LogP contribution in [0.5, 0.6) is 0 Å². The van der Waals surface area contributed by atoms with Crippen molar-refractivity contribution < 1.29 is 5.11 Å². The first-order valence-corrected chi connectivity index (χ1v) is 6.26. The van der Waals surface area contributed by atoms with Crippen LogP contribution in [0.4, 0.5) is 5.69 Å². The molecule has 0 aliphatic heterocycles. The molecule has 0 bridgehead atoms. The fourth-order valence-corrected chi connectivity index (χ4v) is 2.13. The molecule has 0 aliphatic carbocycles. The van der Waals surface area contributed by atoms with Crippen molar-refractivity contribution in [3.63, 3.8) is 0 Å². The summed E-state index contributed by atoms with van der Waals surface area (Å²) in [5.74, 6) is 0.148. The van der Waals surface area contributed by atoms with Gasteiger partial charge in [-0.05, 0) is 18.6 Å². The number of benzene rings is 1. The van der Waals surface area contributed by atoms with Crippen molar-refractivity contribution in [3.05, 3.63) is 26.7 Å². The quantitative estimate of drug-likeness (QED) is 0.825. The van der Waals surface area contributed by atoms with Gasteiger partial charge in [-0.1, -0.05) is 34.8 Å². The first-order valence-electron chi connectivity index (χ1n) is 4.59. The van der Waals surface area contributed by atoms with E-state index >= 15 is 0 Å². The van der Waals surface area contributed by atoms with Crippen molar-refractivity contribution in [2.45, 2.75) is 13.0 Å². The van der Waals surface area contributed by atoms with Crippen molar-refractivity contribution in [1.29, 1.82) is 0 Å². The third-order valence-corrected chi connectivity index (χ3v) is 3.61. The van der Waals surface area contributed by atoms with E-state index in [0.29, 0.717) is 20.8 Å². The zero-order chi connectivity index (χ0) is 12.3. The normalized spacial score (nSPS) is 12.6. The molecule has 0 saturated heterocycles. The zero-order valence-corrected chi connectivity index (χ0v) is 11.6. The Labute approximate surface area is 114 Å². The standard InChI is InChI=1S/C10H11Cl4NO/c1-5-7(12)2-8(13)10(9(5)14)15-4-6(16)3-11/h2,6,15-16H,3-4H2,1H3. The van der Waals surface area contributed by atoms with Gasteiger partial charge >= 0.3 is 0 Å². The minimum absolute atomic E-state index is 0.148. The summed E-state index contributed by atoms with van der Waals surface area (Å²) in [5.41, 5.74) is 1.31. The number of hydrogen-bond acceptors (Lipinski definition) is 2. The lowest BCUT2D eigenvalue weighted by Crippen LogP contribution is -2.21. The molecule has 6 heteroatoms. The van der Waals surface area contributed by atoms with Gasteiger partial charge in [-0.3, -0.25) is 0 Å². The summed E-state index contributed by atoms with van der Waals surface area (Å²) in [7, 11) is 0. The molecule has 0 radical (unpaired) electrons. The van der Waals surface area contributed by atoms with Crippen LogP contribution in [0.15, 0.2) is 6.07 Å². The van der Waals surface area contributed by atoms with Crippen LogP contribution in [0, 0.1) is 6.92 Å². The molecule has 90 valence electrons. The minimum atomic E-state index is -0.648. The Bertz CT molecular complexity index is 384. The highest BCUT2D eigenvalue weighted by atomic mass is 35.5. The number of aliphatic hydroxyl groups is 1. The number of nitrogens with one attached hydrogen (secondary N) is 1. The molecule has 1 unspecified atom stereocenters. The molecular formula is C10H11Cl4NO. The second kappa shape index (κ2) is 6.18. The van der Waals surface area contributed by atoms with E-state index in [4.69, 9.17) is 46.4 Å². The summed E-state index contributed by atoms with van der Waals surface area (Å²) in [6.45, 7) is 2.08. The van der Waals surface area contributed by atoms with E-state index in [-0.39, 0.29) is 12.4 Å². The summed E-state index contributed by atoms with van der Waals surface area (Å²) >= 11 is 23.5. The Kier molecular flexibility index (Phi) is 5.48. The fraction of sp³-hybridized carbons (Fsp3) is 0.400. The molecule has 0 saturated carbocycles. The summed E-state index contributed by atoms with van der Waals surface area (Å²) in [6, 6.07) is 1.61. The lowest BCUT2D eigenvalue weighted by molar-refractivity contribution is 0.211. The predicted molar refractivity (Wildman–Crippen MR) is 71.4 cm³/mol. The molecule has 16 heavy (non-hydrogen) atoms. The second-order valence-corrected chi connectivity index (χ2v) is 4.84. The van der Waals surface area contributed by atoms with Gasteiger partial charge in [0.15, 0.2) is 0 Å². The van der Waals surface area contributed by atoms with Gasteiger partial charge in [0.25, 0.3) is 0 Å². The SMILES string of the molecule is Cc1c(Cl)cc(Cl)c(NCC(O)CCl)c1Cl. The number of halogens is 4. The molecule has 1 aromatic carbocycles. The van der Waals surface area contributed by atoms with Gasteiger partial charge in [-0.15, -0.1) is 11.6 Å². The highest BCUT2D eigenvalue weighted by molar-refractivity contribution is 6.42. The Morgan fingerprint density at radius 1 is 1.31 bits per heavy atom. The second-order valence-electron chi connectivity index (χ2n) is 3.34. The van der Waals surface area contributed by atoms with Crippen LogP contribution in [0.1, 0.15) is 5.56 Å². The van der Waals surface area contributed by atoms with E-state index in [2.05, 4.69) is 5.32 Å². The average molecular weight is 303 g/mol. The van der Waals surface area contributed by atoms with Crippen molar-refractivity contribution in [2.75, 3.05) is 17.7 Å². The number of aliphatic hydroxyl groups excluding tert-OH is 1. The van der Waals surface area contributed by atoms with E-state index in [1.165, 1.54) is 0 Å². The van der Waals surface area contributed by atoms with E-state index in [9.17, 15) is 5.11 Å². The number of rotatable bonds is 4. The van der Waals surface area contributed by atoms with Gasteiger partial charge in [-0.25, -0.2) is 0 Å². The Morgan fingerprint density at radius 2 is 1.94 bits per heavy atom. The van der Waals surface area contributed by atoms with Crippen LogP contribution in [-0.2, 0) is 0 Å². The Balaban J connectivity index is 2.92. The van der Waals surface area contributed by atoms with Gasteiger partial charge in [-0.2, -0.15) is 0 Å². The maximum Gasteiger partial charge on any atom is 0.0847 e. The smallest absolute Gasteiger partial charge is 0.0847 e. The lowest BCUT2D eigenvalue weighted by Gasteiger charge is -2.15. The van der Waals surface area contributed by atoms with Crippen LogP contribution in [0.25, 0.3) is 0 Å². The van der Waals surface area contributed by atoms with Crippen molar-refractivity contribution in [1.82, 2.24) is 0 Å². The topological polar surface area (TPSA) is 32.3 Å². The molecule has 0 amide bonds. The molecule has 2 N–H and O–H groups in total. The molecule has 2 nitrogen and oxygen atoms in total. The average Bonchev–Trinajstić information content (AvgIpc) is 2.25. The maximum atomic E-state index is 9.32. The first-order chi connectivity index (χ1) is 7.47. The molecule has 0 spiro atoms. The lowest BCUT2D eigenvalue weighted by atomic mass is 10.2. The van der Waals surface area contributed by atoms with Crippen LogP contribution in [0.3, 0.4) is 0 Å². The molecule has 0 fully saturated rings. The summed E-state index contributed by atoms with van der Waals surface area (Å²) in [4.78, 5) is 0. The third-order valence-electron chi connectivity index (χ3n) is 2.09. The highest BCUT2D eigenvalue weighted by Gasteiger charge is 2.13. The van der Waals surface area contributed by atoms with Crippen LogP contribution < -0.4 is 5.32 Å². The summed E-state index contributed by atoms with van der Waals surface area (Å²) in [6.07, 6.45) is -0.648. The maximum absolute atomic E-state index is 9.32. The molecule has 1 atom stereocenters. The van der Waals surface area contributed by atoms with Gasteiger partial charge in [0.2, 0.25) is 0 Å². The van der Waals surface area contributed by atoms with Crippen molar-refractivity contribution in [3.8, 4) is 0 Å². The highest BCUT2D eigenvalue weighted by Crippen LogP contribution is 2.37. The molecule has 0 aromatic heterocycles. The van der Waals surface area contributed by atoms with Crippen LogP contribution in [-0.4, -0.2) is 23.6 Å². The Hall–Kier alpha value is 0.140. The van der Waals surface area contributed by atoms with Gasteiger partial charge in [0.1, 0.15) is 0 Å². The fourth-order valence-electron chi connectivity index (χ4n) is 1.13. The first kappa shape index (κ1) is 14.2. The van der Waals surface area contributed by atoms with Crippen LogP contribution in [0.2, 0.25) is 15.1 Å². The summed E-state index contributed by atoms with van der Waals surface area (Å²) in [5, 5.41) is 13.7. The van der Waals surface area contributed by atoms with Crippen molar-refractivity contribution in [2.24, 2.45) is 0 Å². The zero-order valence-electron chi connectivity index (χ0n) is 8.53. The number of anilines is 1. The molecule has 1 aromatic rings. The predicted octanol–water partition coefficient (Wildman–Crippen LogP) is 3.97. The van der Waals surface area contributed by atoms with Gasteiger partial charge in [0.05, 0.1) is 27.7 Å². The third kappa shape index (κ3) is 3.31. The molecular weight excluding hydrogens is 292 g/mol. The van der Waals surface area contributed by atoms with E-state index in [0.717, 1.165) is 5.56 Å². The number of hydrogen-bond donors (Lipinski definition) is 2. The summed E-state index contributed by atoms with van der Waals surface area (Å²) < 4.78 is 0. The number of alkyl halides is 1. The molecule has 0 heterocycles.